The van der Waals surface area contributed by atoms with Gasteiger partial charge in [0.25, 0.3) is 0 Å². The number of hydrogen-bond acceptors (Lipinski definition) is 14. The van der Waals surface area contributed by atoms with Crippen molar-refractivity contribution in [2.24, 2.45) is 0 Å². The zero-order chi connectivity index (χ0) is 48.5. The van der Waals surface area contributed by atoms with Crippen molar-refractivity contribution in [3.8, 4) is 0 Å². The van der Waals surface area contributed by atoms with Gasteiger partial charge in [-0.1, -0.05) is 30.5 Å². The fourth-order valence-corrected chi connectivity index (χ4v) is 22.3. The largest absolute Gasteiger partial charge is 0.500 e. The molecule has 0 aromatic rings. The Bertz CT molecular complexity index is 1090. The zero-order valence-electron chi connectivity index (χ0n) is 41.4. The Labute approximate surface area is 410 Å². The van der Waals surface area contributed by atoms with E-state index in [1.54, 1.807) is 0 Å². The highest BCUT2D eigenvalue weighted by atomic mass is 32.9. The lowest BCUT2D eigenvalue weighted by molar-refractivity contribution is 0.0691. The molecule has 0 bridgehead atoms. The minimum Gasteiger partial charge on any atom is -0.374 e. The molecule has 0 spiro atoms. The summed E-state index contributed by atoms with van der Waals surface area (Å²) in [6.07, 6.45) is 6.14. The third-order valence-electron chi connectivity index (χ3n) is 9.99. The summed E-state index contributed by atoms with van der Waals surface area (Å²) in [5.41, 5.74) is -5.61. The average Bonchev–Trinajstić information content (AvgIpc) is 3.18. The molecule has 382 valence electrons. The minimum atomic E-state index is -2.83. The molecule has 0 aliphatic heterocycles. The van der Waals surface area contributed by atoms with E-state index in [2.05, 4.69) is 24.5 Å². The standard InChI is InChI=1S/C20H47O7PS2Si2.C19H45O7PS2Si2/c1-8-22-31(23-9-2,24-10-3)18-14-16-20(7,28(21,29)30)17-15-19-32(25-11-4,26-12-5)27-13-6;1-7-21-30(22-8-2,23-9-3)17-13-15-19(27(20,28)29)16-14-18-31(24-10-4,25-11-5)26-12-6/h8-19H2,1-7H3,(H2,21,29,30);19H,7-18H2,1-6H3,(H2,20,28,29). The fraction of sp³-hybridized carbons (Fsp3) is 1.00. The molecule has 14 nitrogen and oxygen atoms in total. The molecular formula is C39H92O14P2S4Si4. The van der Waals surface area contributed by atoms with Gasteiger partial charge in [0.05, 0.1) is 0 Å². The molecular weight excluding hydrogens is 995 g/mol. The molecule has 0 aliphatic carbocycles. The molecule has 0 aromatic heterocycles. The summed E-state index contributed by atoms with van der Waals surface area (Å²) in [6.45, 7) is 32.1. The predicted octanol–water partition coefficient (Wildman–Crippen LogP) is 10.9. The van der Waals surface area contributed by atoms with Crippen LogP contribution < -0.4 is 0 Å². The van der Waals surface area contributed by atoms with Gasteiger partial charge in [-0.15, -0.1) is 24.5 Å². The minimum absolute atomic E-state index is 0.0565. The van der Waals surface area contributed by atoms with Crippen LogP contribution in [0.25, 0.3) is 0 Å². The van der Waals surface area contributed by atoms with Crippen molar-refractivity contribution < 1.29 is 62.9 Å². The molecule has 0 aromatic carbocycles. The van der Waals surface area contributed by atoms with Gasteiger partial charge in [0.2, 0.25) is 0 Å². The maximum absolute atomic E-state index is 10.8. The molecule has 2 unspecified atom stereocenters. The van der Waals surface area contributed by atoms with Crippen LogP contribution >= 0.6 is 35.4 Å². The van der Waals surface area contributed by atoms with Crippen LogP contribution in [0.1, 0.15) is 141 Å². The first-order valence-electron chi connectivity index (χ1n) is 23.5. The molecule has 0 fully saturated rings. The maximum atomic E-state index is 10.8. The number of thiol groups is 2. The van der Waals surface area contributed by atoms with Crippen LogP contribution in [0.5, 0.6) is 0 Å². The van der Waals surface area contributed by atoms with Crippen molar-refractivity contribution in [3.63, 3.8) is 0 Å². The van der Waals surface area contributed by atoms with Gasteiger partial charge in [-0.2, -0.15) is 0 Å². The topological polar surface area (TPSA) is 151 Å². The van der Waals surface area contributed by atoms with E-state index in [0.29, 0.717) is 103 Å². The van der Waals surface area contributed by atoms with E-state index >= 15 is 0 Å². The first kappa shape index (κ1) is 67.4. The van der Waals surface area contributed by atoms with Crippen LogP contribution in [0.3, 0.4) is 0 Å². The van der Waals surface area contributed by atoms with E-state index in [4.69, 9.17) is 76.7 Å². The van der Waals surface area contributed by atoms with E-state index < -0.39 is 51.3 Å². The summed E-state index contributed by atoms with van der Waals surface area (Å²) in [6, 6.07) is 2.79. The summed E-state index contributed by atoms with van der Waals surface area (Å²) in [7, 11) is -10.9. The van der Waals surface area contributed by atoms with Crippen molar-refractivity contribution in [1.82, 2.24) is 0 Å². The highest BCUT2D eigenvalue weighted by Gasteiger charge is 2.45. The predicted molar refractivity (Wildman–Crippen MR) is 282 cm³/mol. The van der Waals surface area contributed by atoms with E-state index in [1.807, 2.05) is 90.0 Å². The molecule has 0 saturated carbocycles. The second kappa shape index (κ2) is 37.1. The number of hydrogen-bond donors (Lipinski definition) is 4. The summed E-state index contributed by atoms with van der Waals surface area (Å²) < 4.78 is 71.4. The maximum Gasteiger partial charge on any atom is 0.500 e. The second-order valence-electron chi connectivity index (χ2n) is 14.7. The van der Waals surface area contributed by atoms with Crippen LogP contribution in [0.15, 0.2) is 0 Å². The van der Waals surface area contributed by atoms with Crippen molar-refractivity contribution in [3.05, 3.63) is 0 Å². The Balaban J connectivity index is 0. The highest BCUT2D eigenvalue weighted by molar-refractivity contribution is 8.62. The molecule has 2 atom stereocenters. The molecule has 0 saturated heterocycles. The second-order valence-corrected chi connectivity index (χ2v) is 38.2. The highest BCUT2D eigenvalue weighted by Crippen LogP contribution is 2.63. The summed E-state index contributed by atoms with van der Waals surface area (Å²) >= 11 is 19.8. The van der Waals surface area contributed by atoms with Crippen LogP contribution in [-0.2, 0) is 76.7 Å². The van der Waals surface area contributed by atoms with Gasteiger partial charge in [-0.05, 0) is 134 Å². The van der Waals surface area contributed by atoms with Gasteiger partial charge >= 0.3 is 35.2 Å². The molecule has 0 radical (unpaired) electrons. The van der Waals surface area contributed by atoms with Gasteiger partial charge in [0, 0.05) is 114 Å². The first-order valence-corrected chi connectivity index (χ1v) is 39.1. The van der Waals surface area contributed by atoms with E-state index in [-0.39, 0.29) is 5.66 Å². The summed E-state index contributed by atoms with van der Waals surface area (Å²) in [5, 5.41) is -0.485. The van der Waals surface area contributed by atoms with Crippen LogP contribution in [-0.4, -0.2) is 135 Å². The monoisotopic (exact) mass is 1090 g/mol. The van der Waals surface area contributed by atoms with Gasteiger partial charge < -0.3 is 62.9 Å². The van der Waals surface area contributed by atoms with E-state index in [0.717, 1.165) is 51.4 Å². The van der Waals surface area contributed by atoms with E-state index in [1.165, 1.54) is 0 Å². The van der Waals surface area contributed by atoms with Crippen molar-refractivity contribution in [2.45, 2.75) is 176 Å². The quantitative estimate of drug-likeness (QED) is 0.0260. The molecule has 0 heterocycles. The molecule has 0 aliphatic rings. The Morgan fingerprint density at radius 2 is 0.603 bits per heavy atom. The van der Waals surface area contributed by atoms with Gasteiger partial charge in [0.15, 0.2) is 0 Å². The number of rotatable bonds is 42. The Kier molecular flexibility index (Phi) is 39.7. The first-order chi connectivity index (χ1) is 29.7. The Hall–Kier alpha value is 2.31. The van der Waals surface area contributed by atoms with Gasteiger partial charge in [-0.3, -0.25) is 0 Å². The van der Waals surface area contributed by atoms with Gasteiger partial charge in [0.1, 0.15) is 10.9 Å². The van der Waals surface area contributed by atoms with Crippen molar-refractivity contribution in [1.29, 1.82) is 0 Å². The van der Waals surface area contributed by atoms with Crippen LogP contribution in [0.2, 0.25) is 24.2 Å². The SMILES string of the molecule is CCO[Si](CCCC(C)(CCC[Si](OCC)(OCC)OCC)P(O)(=S)S)(OCC)OCC.CCO[Si](CCCC(CCC[Si](OCC)(OCC)OCC)P(O)(=S)S)(OCC)OCC. The van der Waals surface area contributed by atoms with Crippen molar-refractivity contribution >= 4 is 94.3 Å². The third-order valence-corrected chi connectivity index (χ3v) is 30.6. The molecule has 0 amide bonds. The lowest BCUT2D eigenvalue weighted by atomic mass is 9.99. The molecule has 63 heavy (non-hydrogen) atoms. The average molecular weight is 1090 g/mol. The lowest BCUT2D eigenvalue weighted by Gasteiger charge is -2.37. The summed E-state index contributed by atoms with van der Waals surface area (Å²) in [4.78, 5) is 21.4. The smallest absolute Gasteiger partial charge is 0.374 e. The Morgan fingerprint density at radius 1 is 0.413 bits per heavy atom. The molecule has 2 N–H and O–H groups in total. The lowest BCUT2D eigenvalue weighted by Crippen LogP contribution is -2.46. The third kappa shape index (κ3) is 27.5. The molecule has 0 rings (SSSR count). The summed E-state index contributed by atoms with van der Waals surface area (Å²) in [5.74, 6) is 0. The molecule has 24 heteroatoms. The van der Waals surface area contributed by atoms with Crippen LogP contribution in [0.4, 0.5) is 0 Å². The van der Waals surface area contributed by atoms with Crippen LogP contribution in [0, 0.1) is 0 Å². The zero-order valence-corrected chi connectivity index (χ0v) is 50.7. The fourth-order valence-electron chi connectivity index (χ4n) is 7.38. The van der Waals surface area contributed by atoms with Gasteiger partial charge in [-0.25, -0.2) is 0 Å². The van der Waals surface area contributed by atoms with Crippen molar-refractivity contribution in [2.75, 3.05) is 79.3 Å². The van der Waals surface area contributed by atoms with E-state index in [9.17, 15) is 9.79 Å². The Morgan fingerprint density at radius 3 is 0.762 bits per heavy atom. The normalized spacial score (nSPS) is 15.0.